The van der Waals surface area contributed by atoms with Gasteiger partial charge in [0.15, 0.2) is 0 Å². The SMILES string of the molecule is CCCCC(CC)C(=O)Nc1ccc(-c2nc3ccc(C)cc3s2)cc1. The fourth-order valence-electron chi connectivity index (χ4n) is 3.07. The quantitative estimate of drug-likeness (QED) is 0.524. The molecule has 0 aliphatic carbocycles. The Balaban J connectivity index is 1.72. The summed E-state index contributed by atoms with van der Waals surface area (Å²) in [6, 6.07) is 14.3. The molecular weight excluding hydrogens is 340 g/mol. The molecule has 1 amide bonds. The van der Waals surface area contributed by atoms with Crippen molar-refractivity contribution in [2.45, 2.75) is 46.5 Å². The van der Waals surface area contributed by atoms with Crippen LogP contribution in [0, 0.1) is 12.8 Å². The first-order chi connectivity index (χ1) is 12.6. The van der Waals surface area contributed by atoms with Crippen molar-refractivity contribution in [3.8, 4) is 10.6 Å². The Labute approximate surface area is 159 Å². The number of benzene rings is 2. The highest BCUT2D eigenvalue weighted by Crippen LogP contribution is 2.31. The number of carbonyl (C=O) groups excluding carboxylic acids is 1. The molecule has 0 aliphatic heterocycles. The second-order valence-corrected chi connectivity index (χ2v) is 7.83. The molecular formula is C22H26N2OS. The van der Waals surface area contributed by atoms with Gasteiger partial charge in [0.1, 0.15) is 5.01 Å². The molecule has 1 unspecified atom stereocenters. The van der Waals surface area contributed by atoms with Crippen LogP contribution < -0.4 is 5.32 Å². The van der Waals surface area contributed by atoms with Gasteiger partial charge in [0.25, 0.3) is 0 Å². The maximum absolute atomic E-state index is 12.4. The number of hydrogen-bond acceptors (Lipinski definition) is 3. The van der Waals surface area contributed by atoms with E-state index in [4.69, 9.17) is 4.98 Å². The number of aromatic nitrogens is 1. The van der Waals surface area contributed by atoms with E-state index in [1.165, 1.54) is 10.3 Å². The van der Waals surface area contributed by atoms with Crippen molar-refractivity contribution in [3.63, 3.8) is 0 Å². The van der Waals surface area contributed by atoms with Crippen LogP contribution in [0.5, 0.6) is 0 Å². The summed E-state index contributed by atoms with van der Waals surface area (Å²) in [7, 11) is 0. The molecule has 0 fully saturated rings. The number of nitrogens with zero attached hydrogens (tertiary/aromatic N) is 1. The number of hydrogen-bond donors (Lipinski definition) is 1. The van der Waals surface area contributed by atoms with Crippen molar-refractivity contribution in [3.05, 3.63) is 48.0 Å². The van der Waals surface area contributed by atoms with Crippen LogP contribution in [0.3, 0.4) is 0 Å². The van der Waals surface area contributed by atoms with Gasteiger partial charge >= 0.3 is 0 Å². The van der Waals surface area contributed by atoms with Crippen LogP contribution in [0.25, 0.3) is 20.8 Å². The molecule has 1 atom stereocenters. The van der Waals surface area contributed by atoms with Gasteiger partial charge in [-0.15, -0.1) is 11.3 Å². The summed E-state index contributed by atoms with van der Waals surface area (Å²) < 4.78 is 1.21. The van der Waals surface area contributed by atoms with Gasteiger partial charge in [0, 0.05) is 17.2 Å². The molecule has 3 rings (SSSR count). The van der Waals surface area contributed by atoms with E-state index in [0.29, 0.717) is 0 Å². The van der Waals surface area contributed by atoms with Gasteiger partial charge in [-0.25, -0.2) is 4.98 Å². The van der Waals surface area contributed by atoms with Crippen LogP contribution in [0.1, 0.15) is 45.1 Å². The molecule has 1 N–H and O–H groups in total. The Kier molecular flexibility index (Phi) is 6.04. The van der Waals surface area contributed by atoms with Crippen molar-refractivity contribution >= 4 is 33.1 Å². The fraction of sp³-hybridized carbons (Fsp3) is 0.364. The Morgan fingerprint density at radius 1 is 1.15 bits per heavy atom. The molecule has 2 aromatic carbocycles. The minimum Gasteiger partial charge on any atom is -0.326 e. The fourth-order valence-corrected chi connectivity index (χ4v) is 4.14. The van der Waals surface area contributed by atoms with Gasteiger partial charge in [-0.05, 0) is 61.7 Å². The van der Waals surface area contributed by atoms with Gasteiger partial charge in [-0.3, -0.25) is 4.79 Å². The van der Waals surface area contributed by atoms with Crippen LogP contribution in [0.15, 0.2) is 42.5 Å². The third-order valence-electron chi connectivity index (χ3n) is 4.71. The number of thiazole rings is 1. The Morgan fingerprint density at radius 3 is 2.62 bits per heavy atom. The van der Waals surface area contributed by atoms with Crippen LogP contribution in [-0.2, 0) is 4.79 Å². The third-order valence-corrected chi connectivity index (χ3v) is 5.78. The summed E-state index contributed by atoms with van der Waals surface area (Å²) in [6.45, 7) is 6.34. The minimum atomic E-state index is 0.0992. The zero-order valence-corrected chi connectivity index (χ0v) is 16.5. The first-order valence-corrected chi connectivity index (χ1v) is 10.2. The van der Waals surface area contributed by atoms with E-state index in [1.54, 1.807) is 11.3 Å². The third kappa shape index (κ3) is 4.31. The first kappa shape index (κ1) is 18.6. The van der Waals surface area contributed by atoms with Crippen molar-refractivity contribution in [2.24, 2.45) is 5.92 Å². The monoisotopic (exact) mass is 366 g/mol. The predicted molar refractivity (Wildman–Crippen MR) is 112 cm³/mol. The summed E-state index contributed by atoms with van der Waals surface area (Å²) in [4.78, 5) is 17.2. The number of aryl methyl sites for hydroxylation is 1. The maximum Gasteiger partial charge on any atom is 0.227 e. The molecule has 0 aliphatic rings. The van der Waals surface area contributed by atoms with E-state index < -0.39 is 0 Å². The number of amides is 1. The van der Waals surface area contributed by atoms with E-state index >= 15 is 0 Å². The molecule has 3 aromatic rings. The average Bonchev–Trinajstić information content (AvgIpc) is 3.06. The number of unbranched alkanes of at least 4 members (excludes halogenated alkanes) is 1. The molecule has 0 radical (unpaired) electrons. The zero-order valence-electron chi connectivity index (χ0n) is 15.7. The van der Waals surface area contributed by atoms with E-state index in [0.717, 1.165) is 47.5 Å². The normalized spacial score (nSPS) is 12.3. The number of anilines is 1. The molecule has 0 saturated heterocycles. The van der Waals surface area contributed by atoms with Gasteiger partial charge in [-0.2, -0.15) is 0 Å². The number of fused-ring (bicyclic) bond motifs is 1. The summed E-state index contributed by atoms with van der Waals surface area (Å²) in [6.07, 6.45) is 4.07. The Bertz CT molecular complexity index is 883. The van der Waals surface area contributed by atoms with E-state index in [2.05, 4.69) is 44.3 Å². The lowest BCUT2D eigenvalue weighted by atomic mass is 9.98. The highest BCUT2D eigenvalue weighted by atomic mass is 32.1. The van der Waals surface area contributed by atoms with Gasteiger partial charge < -0.3 is 5.32 Å². The minimum absolute atomic E-state index is 0.0992. The van der Waals surface area contributed by atoms with Crippen LogP contribution in [0.2, 0.25) is 0 Å². The first-order valence-electron chi connectivity index (χ1n) is 9.39. The molecule has 0 bridgehead atoms. The predicted octanol–water partition coefficient (Wildman–Crippen LogP) is 6.43. The second kappa shape index (κ2) is 8.45. The zero-order chi connectivity index (χ0) is 18.5. The molecule has 1 aromatic heterocycles. The summed E-state index contributed by atoms with van der Waals surface area (Å²) in [5.74, 6) is 0.228. The summed E-state index contributed by atoms with van der Waals surface area (Å²) in [5, 5.41) is 4.07. The molecule has 136 valence electrons. The highest BCUT2D eigenvalue weighted by Gasteiger charge is 2.16. The molecule has 26 heavy (non-hydrogen) atoms. The van der Waals surface area contributed by atoms with Crippen molar-refractivity contribution in [1.29, 1.82) is 0 Å². The van der Waals surface area contributed by atoms with Gasteiger partial charge in [0.05, 0.1) is 10.2 Å². The maximum atomic E-state index is 12.4. The summed E-state index contributed by atoms with van der Waals surface area (Å²) >= 11 is 1.70. The largest absolute Gasteiger partial charge is 0.326 e. The molecule has 1 heterocycles. The number of nitrogens with one attached hydrogen (secondary N) is 1. The summed E-state index contributed by atoms with van der Waals surface area (Å²) in [5.41, 5.74) is 4.22. The highest BCUT2D eigenvalue weighted by molar-refractivity contribution is 7.21. The second-order valence-electron chi connectivity index (χ2n) is 6.80. The lowest BCUT2D eigenvalue weighted by Gasteiger charge is -2.14. The number of carbonyl (C=O) groups is 1. The van der Waals surface area contributed by atoms with Gasteiger partial charge in [-0.1, -0.05) is 32.8 Å². The van der Waals surface area contributed by atoms with Crippen LogP contribution >= 0.6 is 11.3 Å². The van der Waals surface area contributed by atoms with Crippen molar-refractivity contribution in [2.75, 3.05) is 5.32 Å². The molecule has 0 spiro atoms. The molecule has 4 heteroatoms. The smallest absolute Gasteiger partial charge is 0.227 e. The molecule has 3 nitrogen and oxygen atoms in total. The lowest BCUT2D eigenvalue weighted by Crippen LogP contribution is -2.22. The molecule has 0 saturated carbocycles. The van der Waals surface area contributed by atoms with E-state index in [1.807, 2.05) is 24.3 Å². The number of rotatable bonds is 7. The average molecular weight is 367 g/mol. The Hall–Kier alpha value is -2.20. The standard InChI is InChI=1S/C22H26N2OS/c1-4-6-7-16(5-2)21(25)23-18-11-9-17(10-12-18)22-24-19-13-8-15(3)14-20(19)26-22/h8-14,16H,4-7H2,1-3H3,(H,23,25). The van der Waals surface area contributed by atoms with Crippen molar-refractivity contribution < 1.29 is 4.79 Å². The van der Waals surface area contributed by atoms with Gasteiger partial charge in [0.2, 0.25) is 5.91 Å². The Morgan fingerprint density at radius 2 is 1.92 bits per heavy atom. The van der Waals surface area contributed by atoms with E-state index in [9.17, 15) is 4.79 Å². The van der Waals surface area contributed by atoms with Crippen LogP contribution in [-0.4, -0.2) is 10.9 Å². The van der Waals surface area contributed by atoms with E-state index in [-0.39, 0.29) is 11.8 Å². The topological polar surface area (TPSA) is 42.0 Å². The lowest BCUT2D eigenvalue weighted by molar-refractivity contribution is -0.120. The van der Waals surface area contributed by atoms with Crippen molar-refractivity contribution in [1.82, 2.24) is 4.98 Å². The van der Waals surface area contributed by atoms with Crippen LogP contribution in [0.4, 0.5) is 5.69 Å².